The van der Waals surface area contributed by atoms with Crippen molar-refractivity contribution in [2.45, 2.75) is 19.4 Å². The third-order valence-electron chi connectivity index (χ3n) is 2.06. The lowest BCUT2D eigenvalue weighted by Crippen LogP contribution is -2.20. The summed E-state index contributed by atoms with van der Waals surface area (Å²) in [6, 6.07) is 8.65. The molecule has 0 radical (unpaired) electrons. The number of nitrogens with one attached hydrogen (secondary N) is 1. The Hall–Kier alpha value is -1.40. The summed E-state index contributed by atoms with van der Waals surface area (Å²) in [6.45, 7) is 2.47. The lowest BCUT2D eigenvalue weighted by atomic mass is 10.1. The minimum atomic E-state index is -0.204. The second-order valence-electron chi connectivity index (χ2n) is 3.11. The fraction of sp³-hybridized carbons (Fsp3) is 0.364. The van der Waals surface area contributed by atoms with Crippen LogP contribution < -0.4 is 5.32 Å². The molecular weight excluding hydrogens is 179 g/mol. The van der Waals surface area contributed by atoms with E-state index < -0.39 is 0 Å². The maximum atomic E-state index is 13.2. The highest BCUT2D eigenvalue weighted by atomic mass is 19.1. The van der Waals surface area contributed by atoms with E-state index in [0.29, 0.717) is 18.5 Å². The van der Waals surface area contributed by atoms with Crippen molar-refractivity contribution in [3.05, 3.63) is 35.6 Å². The Kier molecular flexibility index (Phi) is 4.09. The van der Waals surface area contributed by atoms with E-state index in [-0.39, 0.29) is 11.9 Å². The van der Waals surface area contributed by atoms with Gasteiger partial charge in [-0.1, -0.05) is 18.2 Å². The van der Waals surface area contributed by atoms with Crippen molar-refractivity contribution in [1.29, 1.82) is 5.26 Å². The molecule has 0 saturated heterocycles. The van der Waals surface area contributed by atoms with Crippen molar-refractivity contribution in [1.82, 2.24) is 5.32 Å². The molecule has 1 unspecified atom stereocenters. The normalized spacial score (nSPS) is 12.1. The molecule has 1 aromatic carbocycles. The lowest BCUT2D eigenvalue weighted by Gasteiger charge is -2.13. The van der Waals surface area contributed by atoms with Gasteiger partial charge in [0, 0.05) is 24.6 Å². The lowest BCUT2D eigenvalue weighted by molar-refractivity contribution is 0.534. The van der Waals surface area contributed by atoms with Crippen LogP contribution in [0.25, 0.3) is 0 Å². The molecule has 0 saturated carbocycles. The van der Waals surface area contributed by atoms with Crippen LogP contribution >= 0.6 is 0 Å². The molecule has 1 atom stereocenters. The summed E-state index contributed by atoms with van der Waals surface area (Å²) >= 11 is 0. The fourth-order valence-corrected chi connectivity index (χ4v) is 1.28. The highest BCUT2D eigenvalue weighted by molar-refractivity contribution is 5.20. The molecule has 0 aliphatic heterocycles. The third kappa shape index (κ3) is 2.82. The minimum Gasteiger partial charge on any atom is -0.309 e. The first-order valence-electron chi connectivity index (χ1n) is 4.60. The highest BCUT2D eigenvalue weighted by Gasteiger charge is 2.08. The Morgan fingerprint density at radius 1 is 1.50 bits per heavy atom. The number of nitriles is 1. The summed E-state index contributed by atoms with van der Waals surface area (Å²) in [4.78, 5) is 0. The van der Waals surface area contributed by atoms with Crippen molar-refractivity contribution in [2.75, 3.05) is 6.54 Å². The second-order valence-corrected chi connectivity index (χ2v) is 3.11. The Bertz CT molecular complexity index is 330. The molecule has 74 valence electrons. The van der Waals surface area contributed by atoms with Gasteiger partial charge < -0.3 is 5.32 Å². The molecule has 1 rings (SSSR count). The van der Waals surface area contributed by atoms with E-state index in [1.54, 1.807) is 18.2 Å². The van der Waals surface area contributed by atoms with Crippen LogP contribution in [0, 0.1) is 17.1 Å². The summed E-state index contributed by atoms with van der Waals surface area (Å²) in [6.07, 6.45) is 0.443. The molecular formula is C11H13FN2. The number of benzene rings is 1. The molecule has 0 bridgehead atoms. The van der Waals surface area contributed by atoms with E-state index in [0.717, 1.165) is 0 Å². The molecule has 0 heterocycles. The van der Waals surface area contributed by atoms with Crippen LogP contribution in [-0.2, 0) is 0 Å². The van der Waals surface area contributed by atoms with Crippen LogP contribution in [0.5, 0.6) is 0 Å². The predicted octanol–water partition coefficient (Wildman–Crippen LogP) is 2.39. The van der Waals surface area contributed by atoms with Crippen LogP contribution in [-0.4, -0.2) is 6.54 Å². The summed E-state index contributed by atoms with van der Waals surface area (Å²) in [5.74, 6) is -0.204. The van der Waals surface area contributed by atoms with Crippen molar-refractivity contribution in [2.24, 2.45) is 0 Å². The predicted molar refractivity (Wildman–Crippen MR) is 53.0 cm³/mol. The largest absolute Gasteiger partial charge is 0.309 e. The first kappa shape index (κ1) is 10.7. The van der Waals surface area contributed by atoms with Gasteiger partial charge >= 0.3 is 0 Å². The van der Waals surface area contributed by atoms with E-state index >= 15 is 0 Å². The van der Waals surface area contributed by atoms with E-state index in [4.69, 9.17) is 5.26 Å². The number of halogens is 1. The third-order valence-corrected chi connectivity index (χ3v) is 2.06. The van der Waals surface area contributed by atoms with Gasteiger partial charge in [0.2, 0.25) is 0 Å². The van der Waals surface area contributed by atoms with E-state index in [1.807, 2.05) is 13.0 Å². The van der Waals surface area contributed by atoms with Crippen molar-refractivity contribution >= 4 is 0 Å². The highest BCUT2D eigenvalue weighted by Crippen LogP contribution is 2.15. The van der Waals surface area contributed by atoms with Crippen molar-refractivity contribution < 1.29 is 4.39 Å². The average Bonchev–Trinajstić information content (AvgIpc) is 2.18. The van der Waals surface area contributed by atoms with Crippen LogP contribution in [0.1, 0.15) is 24.9 Å². The molecule has 3 heteroatoms. The molecule has 0 aliphatic rings. The molecule has 1 N–H and O–H groups in total. The van der Waals surface area contributed by atoms with E-state index in [9.17, 15) is 4.39 Å². The van der Waals surface area contributed by atoms with Gasteiger partial charge in [-0.2, -0.15) is 5.26 Å². The minimum absolute atomic E-state index is 0.0513. The van der Waals surface area contributed by atoms with Gasteiger partial charge in [0.05, 0.1) is 6.07 Å². The smallest absolute Gasteiger partial charge is 0.127 e. The number of rotatable bonds is 4. The topological polar surface area (TPSA) is 35.8 Å². The van der Waals surface area contributed by atoms with Crippen molar-refractivity contribution in [3.8, 4) is 6.07 Å². The Balaban J connectivity index is 2.57. The summed E-state index contributed by atoms with van der Waals surface area (Å²) in [5, 5.41) is 11.4. The number of nitrogens with zero attached hydrogens (tertiary/aromatic N) is 1. The zero-order chi connectivity index (χ0) is 10.4. The van der Waals surface area contributed by atoms with Gasteiger partial charge in [-0.15, -0.1) is 0 Å². The average molecular weight is 192 g/mol. The molecule has 14 heavy (non-hydrogen) atoms. The number of hydrogen-bond donors (Lipinski definition) is 1. The standard InChI is InChI=1S/C11H13FN2/c1-9(14-8-4-7-13)10-5-2-3-6-11(10)12/h2-3,5-6,9,14H,4,8H2,1H3. The quantitative estimate of drug-likeness (QED) is 0.743. The zero-order valence-corrected chi connectivity index (χ0v) is 8.13. The monoisotopic (exact) mass is 192 g/mol. The zero-order valence-electron chi connectivity index (χ0n) is 8.13. The molecule has 2 nitrogen and oxygen atoms in total. The Morgan fingerprint density at radius 2 is 2.21 bits per heavy atom. The van der Waals surface area contributed by atoms with Gasteiger partial charge in [0.15, 0.2) is 0 Å². The van der Waals surface area contributed by atoms with Gasteiger partial charge in [-0.05, 0) is 13.0 Å². The summed E-state index contributed by atoms with van der Waals surface area (Å²) in [7, 11) is 0. The van der Waals surface area contributed by atoms with E-state index in [1.165, 1.54) is 6.07 Å². The van der Waals surface area contributed by atoms with Gasteiger partial charge in [0.1, 0.15) is 5.82 Å². The first-order valence-corrected chi connectivity index (χ1v) is 4.60. The van der Waals surface area contributed by atoms with Crippen LogP contribution in [0.4, 0.5) is 4.39 Å². The Morgan fingerprint density at radius 3 is 2.86 bits per heavy atom. The number of hydrogen-bond acceptors (Lipinski definition) is 2. The molecule has 0 spiro atoms. The SMILES string of the molecule is CC(NCCC#N)c1ccccc1F. The van der Waals surface area contributed by atoms with Crippen LogP contribution in [0.2, 0.25) is 0 Å². The first-order chi connectivity index (χ1) is 6.75. The molecule has 0 aliphatic carbocycles. The van der Waals surface area contributed by atoms with Crippen molar-refractivity contribution in [3.63, 3.8) is 0 Å². The summed E-state index contributed by atoms with van der Waals surface area (Å²) < 4.78 is 13.2. The molecule has 0 amide bonds. The van der Waals surface area contributed by atoms with Crippen LogP contribution in [0.15, 0.2) is 24.3 Å². The fourth-order valence-electron chi connectivity index (χ4n) is 1.28. The van der Waals surface area contributed by atoms with Gasteiger partial charge in [-0.25, -0.2) is 4.39 Å². The van der Waals surface area contributed by atoms with Gasteiger partial charge in [0.25, 0.3) is 0 Å². The second kappa shape index (κ2) is 5.36. The van der Waals surface area contributed by atoms with Gasteiger partial charge in [-0.3, -0.25) is 0 Å². The summed E-state index contributed by atoms with van der Waals surface area (Å²) in [5.41, 5.74) is 0.644. The molecule has 1 aromatic rings. The molecule has 0 aromatic heterocycles. The molecule has 0 fully saturated rings. The van der Waals surface area contributed by atoms with E-state index in [2.05, 4.69) is 5.32 Å². The van der Waals surface area contributed by atoms with Crippen LogP contribution in [0.3, 0.4) is 0 Å². The maximum Gasteiger partial charge on any atom is 0.127 e. The Labute approximate surface area is 83.4 Å². The maximum absolute atomic E-state index is 13.2.